The average molecular weight is 1000 g/mol. The highest BCUT2D eigenvalue weighted by molar-refractivity contribution is 6.31. The number of nitriles is 1. The molecule has 8 aliphatic rings. The van der Waals surface area contributed by atoms with Gasteiger partial charge in [0.2, 0.25) is 0 Å². The molecule has 8 aliphatic carbocycles. The number of carbonyl (C=O) groups is 1. The van der Waals surface area contributed by atoms with Crippen molar-refractivity contribution < 1.29 is 4.79 Å². The number of hydrogen-bond acceptors (Lipinski definition) is 2. The molecule has 1 fully saturated rings. The lowest BCUT2D eigenvalue weighted by atomic mass is 9.59. The zero-order valence-electron chi connectivity index (χ0n) is 44.2. The monoisotopic (exact) mass is 1000 g/mol. The molecule has 13 aromatic rings. The van der Waals surface area contributed by atoms with Crippen LogP contribution in [0.5, 0.6) is 0 Å². The van der Waals surface area contributed by atoms with Gasteiger partial charge in [-0.15, -0.1) is 0 Å². The minimum Gasteiger partial charge on any atom is -0.308 e. The van der Waals surface area contributed by atoms with Gasteiger partial charge in [0.25, 0.3) is 0 Å². The number of rotatable bonds is 0. The fraction of sp³-hybridized carbons (Fsp3) is 0.243. The van der Waals surface area contributed by atoms with Crippen molar-refractivity contribution in [1.29, 1.82) is 5.26 Å². The number of ketones is 1. The Morgan fingerprint density at radius 1 is 0.436 bits per heavy atom. The molecule has 372 valence electrons. The fourth-order valence-corrected chi connectivity index (χ4v) is 17.8. The summed E-state index contributed by atoms with van der Waals surface area (Å²) in [6.45, 7) is 4.70. The average Bonchev–Trinajstić information content (AvgIpc) is 3.88. The van der Waals surface area contributed by atoms with Crippen LogP contribution in [0.25, 0.3) is 76.2 Å². The lowest BCUT2D eigenvalue weighted by Gasteiger charge is -2.43. The molecular weight excluding hydrogens is 947 g/mol. The highest BCUT2D eigenvalue weighted by Crippen LogP contribution is 2.61. The largest absolute Gasteiger partial charge is 0.308 e. The molecule has 0 N–H and O–H groups in total. The number of benzene rings is 9. The van der Waals surface area contributed by atoms with E-state index < -0.39 is 0 Å². The van der Waals surface area contributed by atoms with E-state index in [2.05, 4.69) is 168 Å². The number of nitrogens with zero attached hydrogens (tertiary/aromatic N) is 3. The van der Waals surface area contributed by atoms with Crippen molar-refractivity contribution >= 4 is 82.0 Å². The number of carbonyl (C=O) groups excluding carboxylic acids is 1. The SMILES string of the molecule is CC12CCC(C)(CC1)c1cc3c4c5cc(c6c7cc8c(cc7n(c3cc1C2=O)c46)c1c2cc(c3c4c6c(c(C#N)cc4n8c13)C1c3ccccc3C6c3ccccc31)CCc1cccc(c1)CC2)CCc1cccc(c1)CC5. The molecule has 0 radical (unpaired) electrons. The predicted octanol–water partition coefficient (Wildman–Crippen LogP) is 16.6. The first kappa shape index (κ1) is 42.8. The van der Waals surface area contributed by atoms with Crippen molar-refractivity contribution in [1.82, 2.24) is 8.80 Å². The van der Waals surface area contributed by atoms with Crippen molar-refractivity contribution in [3.8, 4) is 6.07 Å². The highest BCUT2D eigenvalue weighted by Gasteiger charge is 2.49. The number of aryl methyl sites for hydroxylation is 8. The lowest BCUT2D eigenvalue weighted by molar-refractivity contribution is 0.0732. The maximum absolute atomic E-state index is 15.1. The van der Waals surface area contributed by atoms with E-state index in [0.29, 0.717) is 5.78 Å². The van der Waals surface area contributed by atoms with E-state index in [-0.39, 0.29) is 22.7 Å². The summed E-state index contributed by atoms with van der Waals surface area (Å²) in [4.78, 5) is 15.1. The van der Waals surface area contributed by atoms with Crippen molar-refractivity contribution in [3.05, 3.63) is 234 Å². The highest BCUT2D eigenvalue weighted by atomic mass is 16.1. The van der Waals surface area contributed by atoms with Crippen LogP contribution in [0.4, 0.5) is 0 Å². The van der Waals surface area contributed by atoms with Gasteiger partial charge in [-0.2, -0.15) is 5.26 Å². The quantitative estimate of drug-likeness (QED) is 0.152. The number of aromatic nitrogens is 2. The van der Waals surface area contributed by atoms with Gasteiger partial charge < -0.3 is 8.80 Å². The first-order valence-corrected chi connectivity index (χ1v) is 29.1. The van der Waals surface area contributed by atoms with E-state index in [1.165, 1.54) is 154 Å². The van der Waals surface area contributed by atoms with Crippen molar-refractivity contribution in [3.63, 3.8) is 0 Å². The topological polar surface area (TPSA) is 49.7 Å². The predicted molar refractivity (Wildman–Crippen MR) is 316 cm³/mol. The number of Topliss-reactive ketones (excluding diaryl/α,β-unsaturated/α-hetero) is 1. The minimum atomic E-state index is -0.330. The molecule has 21 rings (SSSR count). The third kappa shape index (κ3) is 5.16. The Hall–Kier alpha value is -8.26. The van der Waals surface area contributed by atoms with E-state index in [0.717, 1.165) is 93.7 Å². The Balaban J connectivity index is 0.988. The zero-order valence-corrected chi connectivity index (χ0v) is 44.2. The van der Waals surface area contributed by atoms with Crippen molar-refractivity contribution in [2.75, 3.05) is 0 Å². The van der Waals surface area contributed by atoms with Crippen LogP contribution >= 0.6 is 0 Å². The first-order valence-electron chi connectivity index (χ1n) is 29.1. The van der Waals surface area contributed by atoms with Gasteiger partial charge in [0, 0.05) is 65.9 Å². The van der Waals surface area contributed by atoms with Crippen LogP contribution in [0.15, 0.2) is 140 Å². The third-order valence-electron chi connectivity index (χ3n) is 21.6. The maximum Gasteiger partial charge on any atom is 0.169 e. The Kier molecular flexibility index (Phi) is 7.93. The van der Waals surface area contributed by atoms with Crippen LogP contribution < -0.4 is 0 Å². The second kappa shape index (κ2) is 14.5. The van der Waals surface area contributed by atoms with Crippen LogP contribution in [-0.2, 0) is 56.8 Å². The molecule has 9 aromatic carbocycles. The molecule has 0 saturated heterocycles. The molecule has 4 aromatic heterocycles. The molecule has 0 spiro atoms. The molecule has 1 saturated carbocycles. The van der Waals surface area contributed by atoms with E-state index in [4.69, 9.17) is 0 Å². The number of hydrogen-bond donors (Lipinski definition) is 0. The minimum absolute atomic E-state index is 0.00809. The van der Waals surface area contributed by atoms with E-state index in [1.54, 1.807) is 0 Å². The molecule has 12 bridgehead atoms. The normalized spacial score (nSPS) is 22.0. The van der Waals surface area contributed by atoms with Gasteiger partial charge in [0.1, 0.15) is 0 Å². The second-order valence-corrected chi connectivity index (χ2v) is 25.5. The molecule has 4 nitrogen and oxygen atoms in total. The molecule has 0 amide bonds. The van der Waals surface area contributed by atoms with Gasteiger partial charge in [0.15, 0.2) is 5.78 Å². The van der Waals surface area contributed by atoms with Crippen LogP contribution in [-0.4, -0.2) is 14.6 Å². The molecule has 0 aliphatic heterocycles. The van der Waals surface area contributed by atoms with Gasteiger partial charge in [-0.3, -0.25) is 4.79 Å². The van der Waals surface area contributed by atoms with Gasteiger partial charge in [0.05, 0.1) is 44.7 Å². The third-order valence-corrected chi connectivity index (χ3v) is 21.6. The summed E-state index contributed by atoms with van der Waals surface area (Å²) in [6.07, 6.45) is 11.7. The van der Waals surface area contributed by atoms with E-state index in [9.17, 15) is 5.26 Å². The van der Waals surface area contributed by atoms with E-state index in [1.807, 2.05) is 0 Å². The fourth-order valence-electron chi connectivity index (χ4n) is 17.8. The molecule has 78 heavy (non-hydrogen) atoms. The lowest BCUT2D eigenvalue weighted by Crippen LogP contribution is -2.33. The Labute approximate surface area is 452 Å². The maximum atomic E-state index is 15.1. The summed E-state index contributed by atoms with van der Waals surface area (Å²) in [5.41, 5.74) is 29.3. The molecular formula is C74H55N3O. The Morgan fingerprint density at radius 2 is 0.872 bits per heavy atom. The summed E-state index contributed by atoms with van der Waals surface area (Å²) in [7, 11) is 0. The van der Waals surface area contributed by atoms with Crippen LogP contribution in [0.1, 0.15) is 151 Å². The van der Waals surface area contributed by atoms with Gasteiger partial charge in [-0.1, -0.05) is 123 Å². The van der Waals surface area contributed by atoms with Crippen molar-refractivity contribution in [2.45, 2.75) is 108 Å². The summed E-state index contributed by atoms with van der Waals surface area (Å²) < 4.78 is 5.28. The van der Waals surface area contributed by atoms with Crippen molar-refractivity contribution in [2.24, 2.45) is 5.41 Å². The van der Waals surface area contributed by atoms with Crippen LogP contribution in [0.3, 0.4) is 0 Å². The zero-order chi connectivity index (χ0) is 51.2. The summed E-state index contributed by atoms with van der Waals surface area (Å²) in [5.74, 6) is 0.348. The van der Waals surface area contributed by atoms with Gasteiger partial charge in [-0.05, 0) is 196 Å². The first-order chi connectivity index (χ1) is 38.2. The number of fused-ring (bicyclic) bond motifs is 26. The van der Waals surface area contributed by atoms with E-state index >= 15 is 4.79 Å². The smallest absolute Gasteiger partial charge is 0.169 e. The standard InChI is InChI=1S/C74H55N3O/c1-73-25-27-74(2,28-26-73)72(78)52-35-57-53(34-56(52)73)61-43-21-17-39-9-7-10-40(29-39)18-22-44(31-43)62-54-37-59-55(36-58(54)76(57)70(61)62)63-45-23-19-41-11-8-12-42(30-41)20-24-46(32-45)65-68-60(77(59)71(63)65)33-47(38-75)64-66-48-13-3-5-15-50(48)67(69(64)68)51-16-6-4-14-49(51)66/h3-16,29-37,66-67H,17-28H2,1-2H3. The molecule has 0 unspecified atom stereocenters. The van der Waals surface area contributed by atoms with Gasteiger partial charge >= 0.3 is 0 Å². The van der Waals surface area contributed by atoms with Crippen LogP contribution in [0, 0.1) is 16.7 Å². The Morgan fingerprint density at radius 3 is 1.38 bits per heavy atom. The second-order valence-electron chi connectivity index (χ2n) is 25.5. The molecule has 0 atom stereocenters. The molecule has 4 heterocycles. The summed E-state index contributed by atoms with van der Waals surface area (Å²) >= 11 is 0. The van der Waals surface area contributed by atoms with Gasteiger partial charge in [-0.25, -0.2) is 0 Å². The Bertz CT molecular complexity index is 4950. The van der Waals surface area contributed by atoms with Crippen LogP contribution in [0.2, 0.25) is 0 Å². The summed E-state index contributed by atoms with van der Waals surface area (Å²) in [6, 6.07) is 57.3. The summed E-state index contributed by atoms with van der Waals surface area (Å²) in [5, 5.41) is 22.2. The molecule has 4 heteroatoms.